The molecule has 2 atom stereocenters. The lowest BCUT2D eigenvalue weighted by atomic mass is 9.65. The van der Waals surface area contributed by atoms with Gasteiger partial charge in [0.1, 0.15) is 5.82 Å². The van der Waals surface area contributed by atoms with Gasteiger partial charge in [0.15, 0.2) is 0 Å². The zero-order valence-electron chi connectivity index (χ0n) is 19.3. The van der Waals surface area contributed by atoms with Crippen molar-refractivity contribution in [3.63, 3.8) is 0 Å². The van der Waals surface area contributed by atoms with Crippen molar-refractivity contribution >= 4 is 35.0 Å². The normalized spacial score (nSPS) is 26.9. The standard InChI is InChI=1S/C28H25FN2O2S/c1-26(2)17-27(3,18-8-5-4-6-9-18)21-10-7-11-22-24(21)31(26)25(33)28(22)30(23(32)16-34-28)20-14-12-19(29)13-15-20/h4-15H,16-17H2,1-3H3. The van der Waals surface area contributed by atoms with Crippen molar-refractivity contribution in [2.45, 2.75) is 43.0 Å². The second-order valence-corrected chi connectivity index (χ2v) is 11.3. The Balaban J connectivity index is 1.63. The fourth-order valence-corrected chi connectivity index (χ4v) is 7.63. The van der Waals surface area contributed by atoms with Crippen LogP contribution in [0.15, 0.2) is 72.8 Å². The van der Waals surface area contributed by atoms with Crippen molar-refractivity contribution in [2.24, 2.45) is 0 Å². The number of anilines is 2. The van der Waals surface area contributed by atoms with Gasteiger partial charge in [-0.3, -0.25) is 14.5 Å². The summed E-state index contributed by atoms with van der Waals surface area (Å²) < 4.78 is 13.7. The van der Waals surface area contributed by atoms with Gasteiger partial charge in [-0.1, -0.05) is 55.5 Å². The van der Waals surface area contributed by atoms with Crippen LogP contribution in [0.5, 0.6) is 0 Å². The molecule has 3 aromatic rings. The number of nitrogens with zero attached hydrogens (tertiary/aromatic N) is 2. The SMILES string of the molecule is CC1(c2ccccc2)CC(C)(C)N2C(=O)C3(SCC(=O)N3c3ccc(F)cc3)c3cccc1c32. The summed E-state index contributed by atoms with van der Waals surface area (Å²) in [5.41, 5.74) is 3.80. The Morgan fingerprint density at radius 3 is 2.21 bits per heavy atom. The molecule has 3 aliphatic rings. The average molecular weight is 473 g/mol. The molecule has 3 aliphatic heterocycles. The van der Waals surface area contributed by atoms with E-state index in [1.807, 2.05) is 23.1 Å². The Morgan fingerprint density at radius 1 is 0.824 bits per heavy atom. The first kappa shape index (κ1) is 21.4. The van der Waals surface area contributed by atoms with Crippen LogP contribution in [-0.4, -0.2) is 23.1 Å². The van der Waals surface area contributed by atoms with Gasteiger partial charge in [-0.15, -0.1) is 11.8 Å². The minimum atomic E-state index is -1.19. The van der Waals surface area contributed by atoms with Gasteiger partial charge < -0.3 is 4.90 Å². The first-order valence-corrected chi connectivity index (χ1v) is 12.5. The largest absolute Gasteiger partial charge is 0.303 e. The van der Waals surface area contributed by atoms with Crippen molar-refractivity contribution in [3.8, 4) is 0 Å². The predicted octanol–water partition coefficient (Wildman–Crippen LogP) is 5.59. The van der Waals surface area contributed by atoms with Gasteiger partial charge in [-0.25, -0.2) is 4.39 Å². The Morgan fingerprint density at radius 2 is 1.50 bits per heavy atom. The second kappa shape index (κ2) is 6.95. The van der Waals surface area contributed by atoms with Crippen LogP contribution in [-0.2, 0) is 19.9 Å². The molecule has 1 spiro atoms. The molecule has 0 N–H and O–H groups in total. The summed E-state index contributed by atoms with van der Waals surface area (Å²) >= 11 is 1.36. The van der Waals surface area contributed by atoms with Crippen LogP contribution in [0.4, 0.5) is 15.8 Å². The van der Waals surface area contributed by atoms with E-state index < -0.39 is 10.4 Å². The number of amides is 2. The zero-order valence-corrected chi connectivity index (χ0v) is 20.2. The second-order valence-electron chi connectivity index (χ2n) is 10.2. The highest BCUT2D eigenvalue weighted by atomic mass is 32.2. The number of carbonyl (C=O) groups excluding carboxylic acids is 2. The smallest absolute Gasteiger partial charge is 0.269 e. The van der Waals surface area contributed by atoms with Gasteiger partial charge in [0, 0.05) is 22.2 Å². The molecule has 0 radical (unpaired) electrons. The Kier molecular flexibility index (Phi) is 4.38. The molecular formula is C28H25FN2O2S. The summed E-state index contributed by atoms with van der Waals surface area (Å²) in [5.74, 6) is -0.435. The summed E-state index contributed by atoms with van der Waals surface area (Å²) in [6, 6.07) is 22.3. The lowest BCUT2D eigenvalue weighted by Crippen LogP contribution is -2.58. The van der Waals surface area contributed by atoms with Crippen LogP contribution >= 0.6 is 11.8 Å². The van der Waals surface area contributed by atoms with Crippen molar-refractivity contribution in [1.29, 1.82) is 0 Å². The molecule has 1 fully saturated rings. The quantitative estimate of drug-likeness (QED) is 0.488. The molecule has 0 bridgehead atoms. The number of carbonyl (C=O) groups is 2. The van der Waals surface area contributed by atoms with Gasteiger partial charge in [-0.05, 0) is 55.7 Å². The molecule has 172 valence electrons. The van der Waals surface area contributed by atoms with E-state index >= 15 is 0 Å². The van der Waals surface area contributed by atoms with Gasteiger partial charge in [0.05, 0.1) is 11.4 Å². The molecule has 0 aromatic heterocycles. The van der Waals surface area contributed by atoms with Crippen LogP contribution < -0.4 is 9.80 Å². The van der Waals surface area contributed by atoms with E-state index in [1.54, 1.807) is 17.0 Å². The highest BCUT2D eigenvalue weighted by molar-refractivity contribution is 8.02. The number of halogens is 1. The monoisotopic (exact) mass is 472 g/mol. The maximum Gasteiger partial charge on any atom is 0.269 e. The van der Waals surface area contributed by atoms with Gasteiger partial charge >= 0.3 is 0 Å². The predicted molar refractivity (Wildman–Crippen MR) is 134 cm³/mol. The van der Waals surface area contributed by atoms with E-state index in [4.69, 9.17) is 0 Å². The fraction of sp³-hybridized carbons (Fsp3) is 0.286. The molecule has 34 heavy (non-hydrogen) atoms. The topological polar surface area (TPSA) is 40.6 Å². The molecule has 1 saturated heterocycles. The van der Waals surface area contributed by atoms with Crippen molar-refractivity contribution in [2.75, 3.05) is 15.6 Å². The minimum Gasteiger partial charge on any atom is -0.303 e. The molecule has 0 saturated carbocycles. The first-order chi connectivity index (χ1) is 16.2. The summed E-state index contributed by atoms with van der Waals surface area (Å²) in [4.78, 5) is 29.9. The summed E-state index contributed by atoms with van der Waals surface area (Å²) in [7, 11) is 0. The number of hydrogen-bond acceptors (Lipinski definition) is 3. The van der Waals surface area contributed by atoms with Crippen LogP contribution in [0.2, 0.25) is 0 Å². The van der Waals surface area contributed by atoms with Gasteiger partial charge in [0.2, 0.25) is 10.8 Å². The van der Waals surface area contributed by atoms with E-state index in [2.05, 4.69) is 51.1 Å². The lowest BCUT2D eigenvalue weighted by molar-refractivity contribution is -0.124. The fourth-order valence-electron chi connectivity index (χ4n) is 6.29. The molecule has 6 heteroatoms. The Hall–Kier alpha value is -3.12. The molecule has 3 aromatic carbocycles. The van der Waals surface area contributed by atoms with Crippen molar-refractivity contribution in [3.05, 3.63) is 95.3 Å². The summed E-state index contributed by atoms with van der Waals surface area (Å²) in [6.07, 6.45) is 0.747. The number of hydrogen-bond donors (Lipinski definition) is 0. The number of rotatable bonds is 2. The van der Waals surface area contributed by atoms with E-state index in [9.17, 15) is 14.0 Å². The number of benzene rings is 3. The molecule has 3 heterocycles. The summed E-state index contributed by atoms with van der Waals surface area (Å²) in [5, 5.41) is 0. The average Bonchev–Trinajstić information content (AvgIpc) is 3.29. The highest BCUT2D eigenvalue weighted by Crippen LogP contribution is 2.62. The van der Waals surface area contributed by atoms with E-state index in [1.165, 1.54) is 29.5 Å². The molecule has 0 aliphatic carbocycles. The Labute approximate surface area is 202 Å². The molecule has 6 rings (SSSR count). The lowest BCUT2D eigenvalue weighted by Gasteiger charge is -2.50. The van der Waals surface area contributed by atoms with E-state index in [0.29, 0.717) is 5.69 Å². The first-order valence-electron chi connectivity index (χ1n) is 11.5. The third-order valence-electron chi connectivity index (χ3n) is 7.57. The number of thioether (sulfide) groups is 1. The molecule has 4 nitrogen and oxygen atoms in total. The number of para-hydroxylation sites is 1. The Bertz CT molecular complexity index is 1340. The third-order valence-corrected chi connectivity index (χ3v) is 8.95. The zero-order chi connectivity index (χ0) is 23.9. The van der Waals surface area contributed by atoms with E-state index in [0.717, 1.165) is 23.2 Å². The van der Waals surface area contributed by atoms with Crippen molar-refractivity contribution < 1.29 is 14.0 Å². The van der Waals surface area contributed by atoms with Gasteiger partial charge in [0.25, 0.3) is 5.91 Å². The van der Waals surface area contributed by atoms with Crippen LogP contribution in [0, 0.1) is 5.82 Å². The maximum absolute atomic E-state index is 14.4. The minimum absolute atomic E-state index is 0.102. The highest BCUT2D eigenvalue weighted by Gasteiger charge is 2.65. The van der Waals surface area contributed by atoms with Crippen molar-refractivity contribution in [1.82, 2.24) is 0 Å². The number of fused-ring (bicyclic) bond motifs is 1. The summed E-state index contributed by atoms with van der Waals surface area (Å²) in [6.45, 7) is 6.46. The van der Waals surface area contributed by atoms with Crippen LogP contribution in [0.3, 0.4) is 0 Å². The van der Waals surface area contributed by atoms with E-state index in [-0.39, 0.29) is 28.8 Å². The maximum atomic E-state index is 14.4. The molecular weight excluding hydrogens is 447 g/mol. The van der Waals surface area contributed by atoms with Crippen LogP contribution in [0.25, 0.3) is 0 Å². The van der Waals surface area contributed by atoms with Gasteiger partial charge in [-0.2, -0.15) is 0 Å². The third kappa shape index (κ3) is 2.60. The molecule has 2 amide bonds. The van der Waals surface area contributed by atoms with Crippen LogP contribution in [0.1, 0.15) is 43.9 Å². The molecule has 2 unspecified atom stereocenters.